The summed E-state index contributed by atoms with van der Waals surface area (Å²) in [5.74, 6) is 6.84. The molecule has 0 unspecified atom stereocenters. The van der Waals surface area contributed by atoms with Crippen LogP contribution in [0.3, 0.4) is 0 Å². The number of hydrogen-bond acceptors (Lipinski definition) is 4. The predicted octanol–water partition coefficient (Wildman–Crippen LogP) is 2.59. The van der Waals surface area contributed by atoms with Crippen LogP contribution < -0.4 is 9.64 Å². The second-order valence-electron chi connectivity index (χ2n) is 6.32. The van der Waals surface area contributed by atoms with E-state index in [0.29, 0.717) is 32.6 Å². The fraction of sp³-hybridized carbons (Fsp3) is 0.333. The molecule has 1 heterocycles. The van der Waals surface area contributed by atoms with Gasteiger partial charge < -0.3 is 9.64 Å². The van der Waals surface area contributed by atoms with E-state index in [9.17, 15) is 8.42 Å². The topological polar surface area (TPSA) is 49.9 Å². The summed E-state index contributed by atoms with van der Waals surface area (Å²) in [4.78, 5) is 2.18. The minimum Gasteiger partial charge on any atom is -0.497 e. The van der Waals surface area contributed by atoms with E-state index >= 15 is 0 Å². The largest absolute Gasteiger partial charge is 0.497 e. The average molecular weight is 385 g/mol. The quantitative estimate of drug-likeness (QED) is 0.744. The summed E-state index contributed by atoms with van der Waals surface area (Å²) in [6.45, 7) is 2.32. The van der Waals surface area contributed by atoms with Gasteiger partial charge in [0.1, 0.15) is 5.75 Å². The summed E-state index contributed by atoms with van der Waals surface area (Å²) < 4.78 is 32.0. The molecule has 2 aromatic carbocycles. The van der Waals surface area contributed by atoms with Crippen LogP contribution in [0.2, 0.25) is 0 Å². The molecule has 2 aromatic rings. The highest BCUT2D eigenvalue weighted by Gasteiger charge is 2.26. The molecule has 1 saturated heterocycles. The molecule has 142 valence electrons. The fourth-order valence-electron chi connectivity index (χ4n) is 3.03. The molecule has 0 aliphatic carbocycles. The van der Waals surface area contributed by atoms with Crippen molar-refractivity contribution in [1.29, 1.82) is 0 Å². The molecule has 0 aromatic heterocycles. The molecule has 0 amide bonds. The Bertz CT molecular complexity index is 909. The second-order valence-corrected chi connectivity index (χ2v) is 8.41. The average Bonchev–Trinajstić information content (AvgIpc) is 2.72. The maximum absolute atomic E-state index is 12.6. The molecule has 5 nitrogen and oxygen atoms in total. The Morgan fingerprint density at radius 3 is 2.44 bits per heavy atom. The number of rotatable bonds is 5. The lowest BCUT2D eigenvalue weighted by atomic mass is 10.2. The zero-order valence-corrected chi connectivity index (χ0v) is 16.3. The van der Waals surface area contributed by atoms with Crippen LogP contribution in [0.4, 0.5) is 5.69 Å². The van der Waals surface area contributed by atoms with Crippen LogP contribution in [0.5, 0.6) is 5.75 Å². The molecule has 1 aliphatic heterocycles. The van der Waals surface area contributed by atoms with E-state index in [-0.39, 0.29) is 5.75 Å². The van der Waals surface area contributed by atoms with Crippen LogP contribution in [0.1, 0.15) is 12.0 Å². The molecule has 1 fully saturated rings. The van der Waals surface area contributed by atoms with E-state index in [0.717, 1.165) is 17.0 Å². The van der Waals surface area contributed by atoms with Crippen LogP contribution in [-0.4, -0.2) is 51.8 Å². The third kappa shape index (κ3) is 5.25. The molecule has 6 heteroatoms. The Balaban J connectivity index is 1.52. The lowest BCUT2D eigenvalue weighted by Crippen LogP contribution is -2.49. The van der Waals surface area contributed by atoms with Crippen LogP contribution in [0.25, 0.3) is 0 Å². The van der Waals surface area contributed by atoms with Crippen molar-refractivity contribution in [1.82, 2.24) is 4.31 Å². The van der Waals surface area contributed by atoms with E-state index in [4.69, 9.17) is 4.74 Å². The van der Waals surface area contributed by atoms with Gasteiger partial charge in [-0.2, -0.15) is 4.31 Å². The second kappa shape index (κ2) is 8.94. The number of hydrogen-bond donors (Lipinski definition) is 0. The Hall–Kier alpha value is -2.49. The first-order valence-electron chi connectivity index (χ1n) is 8.99. The van der Waals surface area contributed by atoms with Gasteiger partial charge >= 0.3 is 0 Å². The lowest BCUT2D eigenvalue weighted by molar-refractivity contribution is 0.384. The monoisotopic (exact) mass is 384 g/mol. The van der Waals surface area contributed by atoms with Gasteiger partial charge in [0, 0.05) is 49.9 Å². The standard InChI is InChI=1S/C21H24N2O3S/c1-26-21-12-7-11-20(18-21)22-13-15-23(16-14-22)27(24,25)17-6-5-10-19-8-3-2-4-9-19/h2-4,7-9,11-12,18H,6,13-17H2,1H3. The summed E-state index contributed by atoms with van der Waals surface area (Å²) in [7, 11) is -1.63. The normalized spacial score (nSPS) is 15.1. The molecule has 27 heavy (non-hydrogen) atoms. The molecule has 3 rings (SSSR count). The van der Waals surface area contributed by atoms with Crippen LogP contribution in [0, 0.1) is 11.8 Å². The van der Waals surface area contributed by atoms with Crippen LogP contribution in [0.15, 0.2) is 54.6 Å². The van der Waals surface area contributed by atoms with Gasteiger partial charge in [-0.3, -0.25) is 0 Å². The van der Waals surface area contributed by atoms with E-state index in [1.807, 2.05) is 54.6 Å². The Kier molecular flexibility index (Phi) is 6.38. The molecule has 1 aliphatic rings. The Labute approximate surface area is 161 Å². The molecule has 0 N–H and O–H groups in total. The zero-order chi connectivity index (χ0) is 19.1. The third-order valence-corrected chi connectivity index (χ3v) is 6.41. The number of nitrogens with zero attached hydrogens (tertiary/aromatic N) is 2. The number of benzene rings is 2. The number of ether oxygens (including phenoxy) is 1. The first kappa shape index (κ1) is 19.3. The summed E-state index contributed by atoms with van der Waals surface area (Å²) in [6, 6.07) is 17.4. The van der Waals surface area contributed by atoms with E-state index < -0.39 is 10.0 Å². The highest BCUT2D eigenvalue weighted by Crippen LogP contribution is 2.22. The van der Waals surface area contributed by atoms with Crippen molar-refractivity contribution in [3.05, 3.63) is 60.2 Å². The maximum Gasteiger partial charge on any atom is 0.215 e. The SMILES string of the molecule is COc1cccc(N2CCN(S(=O)(=O)CCC#Cc3ccccc3)CC2)c1. The number of anilines is 1. The zero-order valence-electron chi connectivity index (χ0n) is 15.5. The summed E-state index contributed by atoms with van der Waals surface area (Å²) in [5.41, 5.74) is 1.96. The van der Waals surface area contributed by atoms with Crippen molar-refractivity contribution in [3.63, 3.8) is 0 Å². The molecule has 0 bridgehead atoms. The Morgan fingerprint density at radius 2 is 1.74 bits per heavy atom. The minimum absolute atomic E-state index is 0.0615. The van der Waals surface area contributed by atoms with E-state index in [1.165, 1.54) is 0 Å². The van der Waals surface area contributed by atoms with Crippen molar-refractivity contribution in [2.45, 2.75) is 6.42 Å². The van der Waals surface area contributed by atoms with Crippen molar-refractivity contribution in [3.8, 4) is 17.6 Å². The molecular formula is C21H24N2O3S. The first-order valence-corrected chi connectivity index (χ1v) is 10.6. The summed E-state index contributed by atoms with van der Waals surface area (Å²) in [5, 5.41) is 0. The van der Waals surface area contributed by atoms with Crippen molar-refractivity contribution >= 4 is 15.7 Å². The highest BCUT2D eigenvalue weighted by molar-refractivity contribution is 7.89. The highest BCUT2D eigenvalue weighted by atomic mass is 32.2. The van der Waals surface area contributed by atoms with Crippen molar-refractivity contribution < 1.29 is 13.2 Å². The Morgan fingerprint density at radius 1 is 1.00 bits per heavy atom. The van der Waals surface area contributed by atoms with Crippen LogP contribution >= 0.6 is 0 Å². The molecule has 0 atom stereocenters. The lowest BCUT2D eigenvalue weighted by Gasteiger charge is -2.35. The van der Waals surface area contributed by atoms with Crippen molar-refractivity contribution in [2.75, 3.05) is 43.9 Å². The molecular weight excluding hydrogens is 360 g/mol. The smallest absolute Gasteiger partial charge is 0.215 e. The summed E-state index contributed by atoms with van der Waals surface area (Å²) >= 11 is 0. The maximum atomic E-state index is 12.6. The van der Waals surface area contributed by atoms with Gasteiger partial charge in [0.05, 0.1) is 12.9 Å². The minimum atomic E-state index is -3.28. The van der Waals surface area contributed by atoms with Gasteiger partial charge in [-0.1, -0.05) is 36.1 Å². The third-order valence-electron chi connectivity index (χ3n) is 4.54. The number of piperazine rings is 1. The molecule has 0 radical (unpaired) electrons. The van der Waals surface area contributed by atoms with Gasteiger partial charge in [0.2, 0.25) is 10.0 Å². The van der Waals surface area contributed by atoms with Crippen LogP contribution in [-0.2, 0) is 10.0 Å². The van der Waals surface area contributed by atoms with Gasteiger partial charge in [-0.25, -0.2) is 8.42 Å². The molecule has 0 saturated carbocycles. The predicted molar refractivity (Wildman–Crippen MR) is 109 cm³/mol. The molecule has 0 spiro atoms. The van der Waals surface area contributed by atoms with Gasteiger partial charge in [0.25, 0.3) is 0 Å². The van der Waals surface area contributed by atoms with Gasteiger partial charge in [-0.15, -0.1) is 0 Å². The van der Waals surface area contributed by atoms with E-state index in [2.05, 4.69) is 16.7 Å². The van der Waals surface area contributed by atoms with Gasteiger partial charge in [0.15, 0.2) is 0 Å². The van der Waals surface area contributed by atoms with Gasteiger partial charge in [-0.05, 0) is 24.3 Å². The van der Waals surface area contributed by atoms with E-state index in [1.54, 1.807) is 11.4 Å². The fourth-order valence-corrected chi connectivity index (χ4v) is 4.36. The summed E-state index contributed by atoms with van der Waals surface area (Å²) in [6.07, 6.45) is 0.341. The first-order chi connectivity index (χ1) is 13.1. The van der Waals surface area contributed by atoms with Crippen molar-refractivity contribution in [2.24, 2.45) is 0 Å². The number of methoxy groups -OCH3 is 1. The number of sulfonamides is 1.